The third-order valence-corrected chi connectivity index (χ3v) is 3.34. The van der Waals surface area contributed by atoms with Gasteiger partial charge in [0.1, 0.15) is 5.76 Å². The predicted octanol–water partition coefficient (Wildman–Crippen LogP) is 3.78. The van der Waals surface area contributed by atoms with Gasteiger partial charge < -0.3 is 9.84 Å². The summed E-state index contributed by atoms with van der Waals surface area (Å²) in [5, 5.41) is 7.23. The summed E-state index contributed by atoms with van der Waals surface area (Å²) >= 11 is 1.80. The zero-order valence-electron chi connectivity index (χ0n) is 9.78. The van der Waals surface area contributed by atoms with E-state index in [-0.39, 0.29) is 0 Å². The number of rotatable bonds is 4. The molecule has 1 N–H and O–H groups in total. The molecule has 0 aromatic carbocycles. The van der Waals surface area contributed by atoms with Crippen molar-refractivity contribution in [1.82, 2.24) is 5.16 Å². The molecule has 0 saturated carbocycles. The molecular formula is C12H16N2OS. The summed E-state index contributed by atoms with van der Waals surface area (Å²) in [6.45, 7) is 7.10. The van der Waals surface area contributed by atoms with Crippen LogP contribution in [0.15, 0.2) is 22.7 Å². The van der Waals surface area contributed by atoms with Crippen molar-refractivity contribution in [3.05, 3.63) is 33.7 Å². The molecule has 0 amide bonds. The zero-order valence-corrected chi connectivity index (χ0v) is 10.6. The second-order valence-electron chi connectivity index (χ2n) is 4.14. The van der Waals surface area contributed by atoms with Gasteiger partial charge in [-0.15, -0.1) is 11.3 Å². The van der Waals surface area contributed by atoms with E-state index in [1.807, 2.05) is 6.07 Å². The molecule has 16 heavy (non-hydrogen) atoms. The summed E-state index contributed by atoms with van der Waals surface area (Å²) in [6, 6.07) is 6.23. The van der Waals surface area contributed by atoms with Crippen LogP contribution in [0.1, 0.15) is 35.3 Å². The highest BCUT2D eigenvalue weighted by molar-refractivity contribution is 7.11. The molecule has 0 saturated heterocycles. The normalized spacial score (nSPS) is 11.0. The van der Waals surface area contributed by atoms with Crippen molar-refractivity contribution in [3.63, 3.8) is 0 Å². The molecule has 0 unspecified atom stereocenters. The molecule has 0 spiro atoms. The highest BCUT2D eigenvalue weighted by Gasteiger charge is 2.07. The number of aromatic nitrogens is 1. The molecule has 2 rings (SSSR count). The van der Waals surface area contributed by atoms with Gasteiger partial charge in [-0.3, -0.25) is 0 Å². The molecular weight excluding hydrogens is 220 g/mol. The number of hydrogen-bond donors (Lipinski definition) is 1. The molecule has 4 heteroatoms. The first-order chi connectivity index (χ1) is 7.65. The van der Waals surface area contributed by atoms with Gasteiger partial charge in [0.2, 0.25) is 0 Å². The summed E-state index contributed by atoms with van der Waals surface area (Å²) in [6.07, 6.45) is 0. The van der Waals surface area contributed by atoms with E-state index >= 15 is 0 Å². The fourth-order valence-electron chi connectivity index (χ4n) is 1.40. The van der Waals surface area contributed by atoms with Crippen LogP contribution in [0.2, 0.25) is 0 Å². The van der Waals surface area contributed by atoms with Gasteiger partial charge in [-0.1, -0.05) is 19.0 Å². The van der Waals surface area contributed by atoms with Gasteiger partial charge >= 0.3 is 0 Å². The van der Waals surface area contributed by atoms with E-state index < -0.39 is 0 Å². The van der Waals surface area contributed by atoms with Gasteiger partial charge in [0.15, 0.2) is 5.82 Å². The lowest BCUT2D eigenvalue weighted by atomic mass is 10.2. The molecule has 0 aliphatic heterocycles. The van der Waals surface area contributed by atoms with Gasteiger partial charge in [-0.25, -0.2) is 0 Å². The van der Waals surface area contributed by atoms with Gasteiger partial charge in [-0.05, 0) is 19.1 Å². The third kappa shape index (κ3) is 2.64. The molecule has 2 aromatic rings. The van der Waals surface area contributed by atoms with Crippen LogP contribution >= 0.6 is 11.3 Å². The summed E-state index contributed by atoms with van der Waals surface area (Å²) in [7, 11) is 0. The number of hydrogen-bond acceptors (Lipinski definition) is 4. The van der Waals surface area contributed by atoms with Gasteiger partial charge in [0, 0.05) is 21.7 Å². The number of nitrogens with zero attached hydrogens (tertiary/aromatic N) is 1. The number of nitrogens with one attached hydrogen (secondary N) is 1. The molecule has 2 heterocycles. The maximum absolute atomic E-state index is 5.21. The average Bonchev–Trinajstić information content (AvgIpc) is 2.83. The summed E-state index contributed by atoms with van der Waals surface area (Å²) < 4.78 is 5.21. The standard InChI is InChI=1S/C12H16N2OS/c1-8(2)11-6-12(14-15-11)13-7-10-5-4-9(3)16-10/h4-6,8H,7H2,1-3H3,(H,13,14). The Morgan fingerprint density at radius 2 is 2.25 bits per heavy atom. The van der Waals surface area contributed by atoms with Crippen molar-refractivity contribution in [2.24, 2.45) is 0 Å². The SMILES string of the molecule is Cc1ccc(CNc2cc(C(C)C)on2)s1. The fraction of sp³-hybridized carbons (Fsp3) is 0.417. The van der Waals surface area contributed by atoms with Crippen LogP contribution in [0.5, 0.6) is 0 Å². The van der Waals surface area contributed by atoms with Crippen molar-refractivity contribution in [2.45, 2.75) is 33.2 Å². The van der Waals surface area contributed by atoms with Crippen LogP contribution in [0.3, 0.4) is 0 Å². The smallest absolute Gasteiger partial charge is 0.169 e. The maximum Gasteiger partial charge on any atom is 0.169 e. The summed E-state index contributed by atoms with van der Waals surface area (Å²) in [5.41, 5.74) is 0. The van der Waals surface area contributed by atoms with E-state index in [2.05, 4.69) is 43.4 Å². The Morgan fingerprint density at radius 1 is 1.44 bits per heavy atom. The number of thiophene rings is 1. The van der Waals surface area contributed by atoms with Crippen molar-refractivity contribution >= 4 is 17.2 Å². The van der Waals surface area contributed by atoms with Crippen molar-refractivity contribution in [2.75, 3.05) is 5.32 Å². The van der Waals surface area contributed by atoms with Crippen molar-refractivity contribution in [1.29, 1.82) is 0 Å². The Labute approximate surface area is 99.5 Å². The van der Waals surface area contributed by atoms with Crippen LogP contribution in [0.4, 0.5) is 5.82 Å². The van der Waals surface area contributed by atoms with E-state index in [0.29, 0.717) is 5.92 Å². The second kappa shape index (κ2) is 4.70. The average molecular weight is 236 g/mol. The van der Waals surface area contributed by atoms with Gasteiger partial charge in [-0.2, -0.15) is 0 Å². The lowest BCUT2D eigenvalue weighted by Gasteiger charge is -1.98. The molecule has 2 aromatic heterocycles. The minimum absolute atomic E-state index is 0.382. The lowest BCUT2D eigenvalue weighted by Crippen LogP contribution is -1.96. The molecule has 0 aliphatic rings. The Morgan fingerprint density at radius 3 is 2.81 bits per heavy atom. The zero-order chi connectivity index (χ0) is 11.5. The van der Waals surface area contributed by atoms with Crippen LogP contribution in [0, 0.1) is 6.92 Å². The molecule has 0 bridgehead atoms. The van der Waals surface area contributed by atoms with Gasteiger partial charge in [0.05, 0.1) is 6.54 Å². The molecule has 0 atom stereocenters. The highest BCUT2D eigenvalue weighted by atomic mass is 32.1. The quantitative estimate of drug-likeness (QED) is 0.878. The predicted molar refractivity (Wildman–Crippen MR) is 67.0 cm³/mol. The lowest BCUT2D eigenvalue weighted by molar-refractivity contribution is 0.373. The fourth-order valence-corrected chi connectivity index (χ4v) is 2.23. The first kappa shape index (κ1) is 11.2. The van der Waals surface area contributed by atoms with Crippen LogP contribution in [-0.2, 0) is 6.54 Å². The van der Waals surface area contributed by atoms with E-state index in [4.69, 9.17) is 4.52 Å². The first-order valence-corrected chi connectivity index (χ1v) is 6.22. The van der Waals surface area contributed by atoms with Gasteiger partial charge in [0.25, 0.3) is 0 Å². The topological polar surface area (TPSA) is 38.1 Å². The van der Waals surface area contributed by atoms with E-state index in [1.165, 1.54) is 9.75 Å². The van der Waals surface area contributed by atoms with E-state index in [1.54, 1.807) is 11.3 Å². The van der Waals surface area contributed by atoms with Crippen LogP contribution < -0.4 is 5.32 Å². The summed E-state index contributed by atoms with van der Waals surface area (Å²) in [4.78, 5) is 2.64. The highest BCUT2D eigenvalue weighted by Crippen LogP contribution is 2.20. The van der Waals surface area contributed by atoms with Crippen LogP contribution in [-0.4, -0.2) is 5.16 Å². The minimum Gasteiger partial charge on any atom is -0.362 e. The molecule has 0 radical (unpaired) electrons. The third-order valence-electron chi connectivity index (χ3n) is 2.34. The van der Waals surface area contributed by atoms with Crippen molar-refractivity contribution in [3.8, 4) is 0 Å². The van der Waals surface area contributed by atoms with E-state index in [0.717, 1.165) is 18.1 Å². The summed E-state index contributed by atoms with van der Waals surface area (Å²) in [5.74, 6) is 2.12. The molecule has 86 valence electrons. The largest absolute Gasteiger partial charge is 0.362 e. The minimum atomic E-state index is 0.382. The van der Waals surface area contributed by atoms with Crippen LogP contribution in [0.25, 0.3) is 0 Å². The van der Waals surface area contributed by atoms with Crippen molar-refractivity contribution < 1.29 is 4.52 Å². The molecule has 3 nitrogen and oxygen atoms in total. The molecule has 0 fully saturated rings. The first-order valence-electron chi connectivity index (χ1n) is 5.41. The Kier molecular flexibility index (Phi) is 3.29. The maximum atomic E-state index is 5.21. The Balaban J connectivity index is 1.94. The number of anilines is 1. The second-order valence-corrected chi connectivity index (χ2v) is 5.51. The Bertz CT molecular complexity index is 459. The monoisotopic (exact) mass is 236 g/mol. The number of aryl methyl sites for hydroxylation is 1. The molecule has 0 aliphatic carbocycles. The van der Waals surface area contributed by atoms with E-state index in [9.17, 15) is 0 Å². The Hall–Kier alpha value is -1.29.